The molecule has 0 saturated heterocycles. The molecule has 0 spiro atoms. The molecule has 0 fully saturated rings. The molecule has 0 aliphatic heterocycles. The van der Waals surface area contributed by atoms with Gasteiger partial charge in [0.15, 0.2) is 0 Å². The maximum absolute atomic E-state index is 13.4. The molecule has 1 aromatic rings. The SMILES string of the molecule is CC(C)CC(N)Cc1cc(F)cc(F)c1[N+](=O)[O-]. The second-order valence-electron chi connectivity index (χ2n) is 4.75. The highest BCUT2D eigenvalue weighted by molar-refractivity contribution is 5.42. The van der Waals surface area contributed by atoms with E-state index in [9.17, 15) is 18.9 Å². The molecular formula is C12H16F2N2O2. The number of nitro groups is 1. The van der Waals surface area contributed by atoms with Crippen LogP contribution in [0.1, 0.15) is 25.8 Å². The van der Waals surface area contributed by atoms with E-state index in [-0.39, 0.29) is 18.0 Å². The molecule has 18 heavy (non-hydrogen) atoms. The van der Waals surface area contributed by atoms with Crippen LogP contribution in [0.15, 0.2) is 12.1 Å². The maximum Gasteiger partial charge on any atom is 0.308 e. The molecule has 100 valence electrons. The van der Waals surface area contributed by atoms with Crippen LogP contribution < -0.4 is 5.73 Å². The monoisotopic (exact) mass is 258 g/mol. The highest BCUT2D eigenvalue weighted by Crippen LogP contribution is 2.25. The molecule has 1 aromatic carbocycles. The molecule has 0 aliphatic rings. The van der Waals surface area contributed by atoms with Crippen molar-refractivity contribution < 1.29 is 13.7 Å². The van der Waals surface area contributed by atoms with Crippen LogP contribution >= 0.6 is 0 Å². The van der Waals surface area contributed by atoms with Crippen molar-refractivity contribution in [2.24, 2.45) is 11.7 Å². The average molecular weight is 258 g/mol. The van der Waals surface area contributed by atoms with Crippen molar-refractivity contribution in [3.05, 3.63) is 39.4 Å². The first-order chi connectivity index (χ1) is 8.31. The molecule has 1 unspecified atom stereocenters. The van der Waals surface area contributed by atoms with E-state index in [2.05, 4.69) is 0 Å². The molecule has 1 rings (SSSR count). The van der Waals surface area contributed by atoms with E-state index in [1.807, 2.05) is 13.8 Å². The standard InChI is InChI=1S/C12H16F2N2O2/c1-7(2)3-10(15)5-8-4-9(13)6-11(14)12(8)16(17)18/h4,6-7,10H,3,5,15H2,1-2H3. The van der Waals surface area contributed by atoms with Gasteiger partial charge in [-0.05, 0) is 24.8 Å². The largest absolute Gasteiger partial charge is 0.327 e. The Kier molecular flexibility index (Phi) is 4.72. The Bertz CT molecular complexity index is 450. The lowest BCUT2D eigenvalue weighted by molar-refractivity contribution is -0.388. The predicted octanol–water partition coefficient (Wildman–Crippen LogP) is 2.79. The second-order valence-corrected chi connectivity index (χ2v) is 4.75. The molecular weight excluding hydrogens is 242 g/mol. The summed E-state index contributed by atoms with van der Waals surface area (Å²) < 4.78 is 26.4. The molecule has 1 atom stereocenters. The van der Waals surface area contributed by atoms with Gasteiger partial charge in [-0.3, -0.25) is 10.1 Å². The first-order valence-corrected chi connectivity index (χ1v) is 5.69. The van der Waals surface area contributed by atoms with Gasteiger partial charge in [-0.1, -0.05) is 13.8 Å². The van der Waals surface area contributed by atoms with Gasteiger partial charge >= 0.3 is 5.69 Å². The molecule has 0 saturated carbocycles. The van der Waals surface area contributed by atoms with Crippen molar-refractivity contribution in [2.75, 3.05) is 0 Å². The smallest absolute Gasteiger partial charge is 0.308 e. The van der Waals surface area contributed by atoms with Gasteiger partial charge in [0, 0.05) is 17.7 Å². The van der Waals surface area contributed by atoms with Crippen LogP contribution in [0, 0.1) is 27.7 Å². The Hall–Kier alpha value is -1.56. The van der Waals surface area contributed by atoms with Gasteiger partial charge in [-0.25, -0.2) is 4.39 Å². The Morgan fingerprint density at radius 3 is 2.50 bits per heavy atom. The number of hydrogen-bond donors (Lipinski definition) is 1. The number of nitrogens with two attached hydrogens (primary N) is 1. The average Bonchev–Trinajstić information content (AvgIpc) is 2.12. The normalized spacial score (nSPS) is 12.8. The van der Waals surface area contributed by atoms with E-state index in [1.165, 1.54) is 0 Å². The summed E-state index contributed by atoms with van der Waals surface area (Å²) in [5.41, 5.74) is 5.13. The Labute approximate surface area is 104 Å². The number of hydrogen-bond acceptors (Lipinski definition) is 3. The fourth-order valence-corrected chi connectivity index (χ4v) is 1.95. The highest BCUT2D eigenvalue weighted by Gasteiger charge is 2.23. The highest BCUT2D eigenvalue weighted by atomic mass is 19.1. The minimum atomic E-state index is -1.16. The molecule has 0 radical (unpaired) electrons. The third-order valence-electron chi connectivity index (χ3n) is 2.55. The third kappa shape index (κ3) is 3.73. The molecule has 4 nitrogen and oxygen atoms in total. The molecule has 0 heterocycles. The van der Waals surface area contributed by atoms with Crippen LogP contribution in [0.2, 0.25) is 0 Å². The van der Waals surface area contributed by atoms with Crippen molar-refractivity contribution in [3.8, 4) is 0 Å². The molecule has 0 bridgehead atoms. The number of nitrogens with zero attached hydrogens (tertiary/aromatic N) is 1. The van der Waals surface area contributed by atoms with Crippen LogP contribution in [0.3, 0.4) is 0 Å². The zero-order valence-electron chi connectivity index (χ0n) is 10.3. The van der Waals surface area contributed by atoms with E-state index >= 15 is 0 Å². The minimum absolute atomic E-state index is 0.00523. The summed E-state index contributed by atoms with van der Waals surface area (Å²) in [7, 11) is 0. The zero-order valence-corrected chi connectivity index (χ0v) is 10.3. The van der Waals surface area contributed by atoms with Crippen molar-refractivity contribution in [1.29, 1.82) is 0 Å². The molecule has 6 heteroatoms. The van der Waals surface area contributed by atoms with E-state index in [0.717, 1.165) is 6.07 Å². The Morgan fingerprint density at radius 1 is 1.39 bits per heavy atom. The molecule has 0 aliphatic carbocycles. The summed E-state index contributed by atoms with van der Waals surface area (Å²) in [5.74, 6) is -1.67. The lowest BCUT2D eigenvalue weighted by atomic mass is 9.97. The van der Waals surface area contributed by atoms with Gasteiger partial charge in [-0.2, -0.15) is 4.39 Å². The number of halogens is 2. The maximum atomic E-state index is 13.4. The lowest BCUT2D eigenvalue weighted by Gasteiger charge is -2.14. The van der Waals surface area contributed by atoms with E-state index in [4.69, 9.17) is 5.73 Å². The lowest BCUT2D eigenvalue weighted by Crippen LogP contribution is -2.25. The fourth-order valence-electron chi connectivity index (χ4n) is 1.95. The van der Waals surface area contributed by atoms with Gasteiger partial charge in [-0.15, -0.1) is 0 Å². The van der Waals surface area contributed by atoms with Gasteiger partial charge in [0.25, 0.3) is 0 Å². The molecule has 0 amide bonds. The van der Waals surface area contributed by atoms with Gasteiger partial charge in [0.1, 0.15) is 5.82 Å². The number of rotatable bonds is 5. The van der Waals surface area contributed by atoms with Crippen LogP contribution in [-0.4, -0.2) is 11.0 Å². The Balaban J connectivity index is 3.03. The van der Waals surface area contributed by atoms with Crippen molar-refractivity contribution in [3.63, 3.8) is 0 Å². The van der Waals surface area contributed by atoms with Crippen LogP contribution in [0.4, 0.5) is 14.5 Å². The first-order valence-electron chi connectivity index (χ1n) is 5.69. The van der Waals surface area contributed by atoms with Gasteiger partial charge in [0.2, 0.25) is 5.82 Å². The number of benzene rings is 1. The van der Waals surface area contributed by atoms with Crippen molar-refractivity contribution in [1.82, 2.24) is 0 Å². The topological polar surface area (TPSA) is 69.2 Å². The van der Waals surface area contributed by atoms with Crippen LogP contribution in [-0.2, 0) is 6.42 Å². The second kappa shape index (κ2) is 5.86. The van der Waals surface area contributed by atoms with Crippen LogP contribution in [0.25, 0.3) is 0 Å². The zero-order chi connectivity index (χ0) is 13.9. The quantitative estimate of drug-likeness (QED) is 0.652. The van der Waals surface area contributed by atoms with Crippen LogP contribution in [0.5, 0.6) is 0 Å². The number of nitro benzene ring substituents is 1. The van der Waals surface area contributed by atoms with E-state index in [0.29, 0.717) is 18.4 Å². The summed E-state index contributed by atoms with van der Waals surface area (Å²) >= 11 is 0. The van der Waals surface area contributed by atoms with Crippen molar-refractivity contribution >= 4 is 5.69 Å². The third-order valence-corrected chi connectivity index (χ3v) is 2.55. The Morgan fingerprint density at radius 2 is 2.00 bits per heavy atom. The molecule has 2 N–H and O–H groups in total. The first kappa shape index (κ1) is 14.5. The van der Waals surface area contributed by atoms with E-state index < -0.39 is 22.2 Å². The minimum Gasteiger partial charge on any atom is -0.327 e. The summed E-state index contributed by atoms with van der Waals surface area (Å²) in [6, 6.07) is 1.13. The summed E-state index contributed by atoms with van der Waals surface area (Å²) in [6.07, 6.45) is 0.721. The predicted molar refractivity (Wildman–Crippen MR) is 64.1 cm³/mol. The summed E-state index contributed by atoms with van der Waals surface area (Å²) in [4.78, 5) is 9.92. The summed E-state index contributed by atoms with van der Waals surface area (Å²) in [6.45, 7) is 3.92. The van der Waals surface area contributed by atoms with E-state index in [1.54, 1.807) is 0 Å². The molecule has 0 aromatic heterocycles. The van der Waals surface area contributed by atoms with Gasteiger partial charge < -0.3 is 5.73 Å². The van der Waals surface area contributed by atoms with Gasteiger partial charge in [0.05, 0.1) is 4.92 Å². The summed E-state index contributed by atoms with van der Waals surface area (Å²) in [5, 5.41) is 10.8. The fraction of sp³-hybridized carbons (Fsp3) is 0.500. The van der Waals surface area contributed by atoms with Crippen molar-refractivity contribution in [2.45, 2.75) is 32.7 Å².